The van der Waals surface area contributed by atoms with Crippen molar-refractivity contribution in [2.45, 2.75) is 13.5 Å². The highest BCUT2D eigenvalue weighted by Crippen LogP contribution is 2.25. The maximum Gasteiger partial charge on any atom is 0.295 e. The van der Waals surface area contributed by atoms with E-state index in [1.54, 1.807) is 4.90 Å². The SMILES string of the molecule is Cc1c(C(=O)C(=O)N2CCN(Cc3ccccc3)CC2)c2ccccc2n1C. The fourth-order valence-corrected chi connectivity index (χ4v) is 4.01. The van der Waals surface area contributed by atoms with Gasteiger partial charge in [0.1, 0.15) is 0 Å². The molecule has 144 valence electrons. The summed E-state index contributed by atoms with van der Waals surface area (Å²) in [6, 6.07) is 18.1. The number of hydrogen-bond donors (Lipinski definition) is 0. The van der Waals surface area contributed by atoms with E-state index in [1.165, 1.54) is 5.56 Å². The Kier molecular flexibility index (Phi) is 5.01. The van der Waals surface area contributed by atoms with Gasteiger partial charge in [-0.15, -0.1) is 0 Å². The minimum absolute atomic E-state index is 0.390. The van der Waals surface area contributed by atoms with Gasteiger partial charge in [-0.25, -0.2) is 0 Å². The first-order valence-electron chi connectivity index (χ1n) is 9.70. The van der Waals surface area contributed by atoms with Crippen molar-refractivity contribution in [1.29, 1.82) is 0 Å². The lowest BCUT2D eigenvalue weighted by Crippen LogP contribution is -2.50. The van der Waals surface area contributed by atoms with Gasteiger partial charge in [0.15, 0.2) is 0 Å². The number of benzene rings is 2. The predicted molar refractivity (Wildman–Crippen MR) is 110 cm³/mol. The van der Waals surface area contributed by atoms with Crippen molar-refractivity contribution in [2.24, 2.45) is 7.05 Å². The molecule has 3 aromatic rings. The summed E-state index contributed by atoms with van der Waals surface area (Å²) < 4.78 is 1.98. The van der Waals surface area contributed by atoms with E-state index < -0.39 is 5.78 Å². The summed E-state index contributed by atoms with van der Waals surface area (Å²) in [7, 11) is 1.93. The maximum atomic E-state index is 13.0. The van der Waals surface area contributed by atoms with E-state index >= 15 is 0 Å². The molecule has 5 heteroatoms. The van der Waals surface area contributed by atoms with Gasteiger partial charge in [-0.3, -0.25) is 14.5 Å². The fraction of sp³-hybridized carbons (Fsp3) is 0.304. The van der Waals surface area contributed by atoms with Crippen LogP contribution in [0.4, 0.5) is 0 Å². The molecule has 2 aromatic carbocycles. The van der Waals surface area contributed by atoms with Crippen molar-refractivity contribution in [3.63, 3.8) is 0 Å². The molecule has 0 N–H and O–H groups in total. The van der Waals surface area contributed by atoms with Crippen molar-refractivity contribution < 1.29 is 9.59 Å². The van der Waals surface area contributed by atoms with Crippen molar-refractivity contribution >= 4 is 22.6 Å². The van der Waals surface area contributed by atoms with Crippen LogP contribution in [0.3, 0.4) is 0 Å². The number of amides is 1. The maximum absolute atomic E-state index is 13.0. The highest BCUT2D eigenvalue weighted by Gasteiger charge is 2.30. The Labute approximate surface area is 165 Å². The summed E-state index contributed by atoms with van der Waals surface area (Å²) in [5.41, 5.74) is 3.62. The van der Waals surface area contributed by atoms with Crippen molar-refractivity contribution in [3.8, 4) is 0 Å². The largest absolute Gasteiger partial charge is 0.347 e. The predicted octanol–water partition coefficient (Wildman–Crippen LogP) is 3.01. The summed E-state index contributed by atoms with van der Waals surface area (Å²) in [5, 5.41) is 0.851. The highest BCUT2D eigenvalue weighted by atomic mass is 16.2. The van der Waals surface area contributed by atoms with Crippen LogP contribution < -0.4 is 0 Å². The number of piperazine rings is 1. The number of aryl methyl sites for hydroxylation is 1. The molecule has 1 aliphatic rings. The van der Waals surface area contributed by atoms with Crippen LogP contribution in [0, 0.1) is 6.92 Å². The molecular formula is C23H25N3O2. The lowest BCUT2D eigenvalue weighted by atomic mass is 10.1. The molecule has 1 fully saturated rings. The normalized spacial score (nSPS) is 15.1. The van der Waals surface area contributed by atoms with Crippen LogP contribution in [0.1, 0.15) is 21.6 Å². The Balaban J connectivity index is 1.46. The van der Waals surface area contributed by atoms with E-state index in [0.29, 0.717) is 18.7 Å². The summed E-state index contributed by atoms with van der Waals surface area (Å²) >= 11 is 0. The monoisotopic (exact) mass is 375 g/mol. The zero-order chi connectivity index (χ0) is 19.7. The van der Waals surface area contributed by atoms with Crippen molar-refractivity contribution in [2.75, 3.05) is 26.2 Å². The van der Waals surface area contributed by atoms with E-state index in [2.05, 4.69) is 17.0 Å². The number of para-hydroxylation sites is 1. The number of carbonyl (C=O) groups is 2. The van der Waals surface area contributed by atoms with Crippen LogP contribution in [-0.2, 0) is 18.4 Å². The number of fused-ring (bicyclic) bond motifs is 1. The second-order valence-electron chi connectivity index (χ2n) is 7.42. The molecule has 0 bridgehead atoms. The molecular weight excluding hydrogens is 350 g/mol. The number of carbonyl (C=O) groups excluding carboxylic acids is 2. The molecule has 0 saturated carbocycles. The van der Waals surface area contributed by atoms with Crippen LogP contribution >= 0.6 is 0 Å². The Bertz CT molecular complexity index is 1020. The van der Waals surface area contributed by atoms with Crippen LogP contribution in [0.5, 0.6) is 0 Å². The van der Waals surface area contributed by atoms with Gasteiger partial charge in [0.25, 0.3) is 11.7 Å². The van der Waals surface area contributed by atoms with E-state index in [-0.39, 0.29) is 5.91 Å². The molecule has 1 aromatic heterocycles. The Morgan fingerprint density at radius 3 is 2.25 bits per heavy atom. The molecule has 1 saturated heterocycles. The first-order valence-corrected chi connectivity index (χ1v) is 9.70. The van der Waals surface area contributed by atoms with Crippen molar-refractivity contribution in [1.82, 2.24) is 14.4 Å². The first-order chi connectivity index (χ1) is 13.6. The molecule has 28 heavy (non-hydrogen) atoms. The molecule has 0 unspecified atom stereocenters. The Morgan fingerprint density at radius 1 is 0.893 bits per heavy atom. The zero-order valence-electron chi connectivity index (χ0n) is 16.4. The molecule has 0 aliphatic carbocycles. The first kappa shape index (κ1) is 18.4. The van der Waals surface area contributed by atoms with Crippen LogP contribution in [0.25, 0.3) is 10.9 Å². The lowest BCUT2D eigenvalue weighted by Gasteiger charge is -2.34. The summed E-state index contributed by atoms with van der Waals surface area (Å²) in [4.78, 5) is 30.0. The van der Waals surface area contributed by atoms with Crippen LogP contribution in [0.2, 0.25) is 0 Å². The number of Topliss-reactive ketones (excluding diaryl/α,β-unsaturated/α-hetero) is 1. The number of rotatable bonds is 4. The second kappa shape index (κ2) is 7.60. The van der Waals surface area contributed by atoms with E-state index in [4.69, 9.17) is 0 Å². The molecule has 1 aliphatic heterocycles. The number of hydrogen-bond acceptors (Lipinski definition) is 3. The average Bonchev–Trinajstić information content (AvgIpc) is 2.99. The summed E-state index contributed by atoms with van der Waals surface area (Å²) in [6.45, 7) is 5.50. The molecule has 0 radical (unpaired) electrons. The quantitative estimate of drug-likeness (QED) is 0.520. The van der Waals surface area contributed by atoms with Crippen molar-refractivity contribution in [3.05, 3.63) is 71.4 Å². The Hall–Kier alpha value is -2.92. The molecule has 5 nitrogen and oxygen atoms in total. The van der Waals surface area contributed by atoms with Crippen LogP contribution in [0.15, 0.2) is 54.6 Å². The van der Waals surface area contributed by atoms with E-state index in [0.717, 1.165) is 36.2 Å². The van der Waals surface area contributed by atoms with Gasteiger partial charge in [-0.05, 0) is 18.6 Å². The number of aromatic nitrogens is 1. The highest BCUT2D eigenvalue weighted by molar-refractivity contribution is 6.45. The molecule has 2 heterocycles. The van der Waals surface area contributed by atoms with E-state index in [1.807, 2.05) is 61.0 Å². The van der Waals surface area contributed by atoms with Gasteiger partial charge in [0.2, 0.25) is 0 Å². The fourth-order valence-electron chi connectivity index (χ4n) is 4.01. The topological polar surface area (TPSA) is 45.6 Å². The zero-order valence-corrected chi connectivity index (χ0v) is 16.4. The average molecular weight is 375 g/mol. The van der Waals surface area contributed by atoms with Gasteiger partial charge in [-0.1, -0.05) is 48.5 Å². The third-order valence-electron chi connectivity index (χ3n) is 5.73. The van der Waals surface area contributed by atoms with Crippen LogP contribution in [-0.4, -0.2) is 52.2 Å². The smallest absolute Gasteiger partial charge is 0.295 e. The van der Waals surface area contributed by atoms with Gasteiger partial charge in [0.05, 0.1) is 5.56 Å². The number of ketones is 1. The van der Waals surface area contributed by atoms with Gasteiger partial charge < -0.3 is 9.47 Å². The lowest BCUT2D eigenvalue weighted by molar-refractivity contribution is -0.128. The second-order valence-corrected chi connectivity index (χ2v) is 7.42. The molecule has 1 amide bonds. The molecule has 4 rings (SSSR count). The molecule has 0 spiro atoms. The third-order valence-corrected chi connectivity index (χ3v) is 5.73. The minimum Gasteiger partial charge on any atom is -0.347 e. The number of nitrogens with zero attached hydrogens (tertiary/aromatic N) is 3. The minimum atomic E-state index is -0.397. The third kappa shape index (κ3) is 3.34. The molecule has 0 atom stereocenters. The van der Waals surface area contributed by atoms with E-state index in [9.17, 15) is 9.59 Å². The summed E-state index contributed by atoms with van der Waals surface area (Å²) in [5.74, 6) is -0.787. The Morgan fingerprint density at radius 2 is 1.54 bits per heavy atom. The van der Waals surface area contributed by atoms with Gasteiger partial charge in [-0.2, -0.15) is 0 Å². The van der Waals surface area contributed by atoms with Gasteiger partial charge in [0, 0.05) is 56.4 Å². The standard InChI is InChI=1S/C23H25N3O2/c1-17-21(19-10-6-7-11-20(19)24(17)2)22(27)23(28)26-14-12-25(13-15-26)16-18-8-4-3-5-9-18/h3-11H,12-16H2,1-2H3. The summed E-state index contributed by atoms with van der Waals surface area (Å²) in [6.07, 6.45) is 0. The van der Waals surface area contributed by atoms with Gasteiger partial charge >= 0.3 is 0 Å².